The van der Waals surface area contributed by atoms with Gasteiger partial charge in [0.2, 0.25) is 5.91 Å². The molecule has 1 aromatic carbocycles. The van der Waals surface area contributed by atoms with Crippen LogP contribution in [-0.4, -0.2) is 49.1 Å². The lowest BCUT2D eigenvalue weighted by molar-refractivity contribution is -0.131. The molecule has 2 aliphatic heterocycles. The minimum absolute atomic E-state index is 0.215. The molecular formula is C21H27N3O3. The first kappa shape index (κ1) is 18.0. The van der Waals surface area contributed by atoms with Crippen LogP contribution in [0.3, 0.4) is 0 Å². The third kappa shape index (κ3) is 4.16. The first-order valence-corrected chi connectivity index (χ1v) is 9.80. The fraction of sp³-hybridized carbons (Fsp3) is 0.524. The van der Waals surface area contributed by atoms with Crippen LogP contribution in [-0.2, 0) is 11.2 Å². The van der Waals surface area contributed by atoms with Gasteiger partial charge in [-0.2, -0.15) is 0 Å². The highest BCUT2D eigenvalue weighted by atomic mass is 16.5. The molecule has 0 spiro atoms. The first-order valence-electron chi connectivity index (χ1n) is 9.80. The van der Waals surface area contributed by atoms with Crippen LogP contribution in [0.4, 0.5) is 0 Å². The maximum absolute atomic E-state index is 12.6. The average Bonchev–Trinajstić information content (AvgIpc) is 3.32. The van der Waals surface area contributed by atoms with Crippen LogP contribution in [0.15, 0.2) is 34.9 Å². The molecule has 4 rings (SSSR count). The van der Waals surface area contributed by atoms with E-state index in [2.05, 4.69) is 10.3 Å². The first-order chi connectivity index (χ1) is 13.2. The molecule has 1 amide bonds. The summed E-state index contributed by atoms with van der Waals surface area (Å²) in [4.78, 5) is 19.0. The number of methoxy groups -OCH3 is 1. The van der Waals surface area contributed by atoms with Crippen molar-refractivity contribution in [3.8, 4) is 17.1 Å². The Labute approximate surface area is 159 Å². The molecule has 6 nitrogen and oxygen atoms in total. The average molecular weight is 369 g/mol. The van der Waals surface area contributed by atoms with Gasteiger partial charge in [0.25, 0.3) is 0 Å². The van der Waals surface area contributed by atoms with E-state index in [-0.39, 0.29) is 5.91 Å². The van der Waals surface area contributed by atoms with Crippen LogP contribution >= 0.6 is 0 Å². The summed E-state index contributed by atoms with van der Waals surface area (Å²) >= 11 is 0. The van der Waals surface area contributed by atoms with Crippen molar-refractivity contribution in [1.82, 2.24) is 15.2 Å². The van der Waals surface area contributed by atoms with Crippen LogP contribution in [0, 0.1) is 11.8 Å². The molecule has 144 valence electrons. The van der Waals surface area contributed by atoms with E-state index in [1.807, 2.05) is 29.2 Å². The molecule has 6 heteroatoms. The number of oxazole rings is 1. The van der Waals surface area contributed by atoms with Crippen molar-refractivity contribution < 1.29 is 13.9 Å². The number of aromatic nitrogens is 1. The van der Waals surface area contributed by atoms with E-state index < -0.39 is 0 Å². The molecule has 0 bridgehead atoms. The molecule has 1 aromatic heterocycles. The quantitative estimate of drug-likeness (QED) is 0.878. The maximum atomic E-state index is 12.6. The Balaban J connectivity index is 1.31. The summed E-state index contributed by atoms with van der Waals surface area (Å²) in [6.45, 7) is 3.98. The fourth-order valence-corrected chi connectivity index (χ4v) is 4.15. The molecule has 0 saturated carbocycles. The Morgan fingerprint density at radius 3 is 2.59 bits per heavy atom. The predicted octanol–water partition coefficient (Wildman–Crippen LogP) is 2.74. The number of benzene rings is 1. The van der Waals surface area contributed by atoms with Crippen molar-refractivity contribution in [1.29, 1.82) is 0 Å². The molecule has 1 N–H and O–H groups in total. The highest BCUT2D eigenvalue weighted by Gasteiger charge is 2.31. The molecule has 2 aromatic rings. The van der Waals surface area contributed by atoms with Gasteiger partial charge in [0, 0.05) is 31.5 Å². The van der Waals surface area contributed by atoms with Gasteiger partial charge < -0.3 is 19.4 Å². The number of aryl methyl sites for hydroxylation is 1. The second-order valence-electron chi connectivity index (χ2n) is 7.48. The normalized spacial score (nSPS) is 22.3. The van der Waals surface area contributed by atoms with Crippen molar-refractivity contribution in [3.05, 3.63) is 36.4 Å². The largest absolute Gasteiger partial charge is 0.497 e. The molecule has 3 heterocycles. The van der Waals surface area contributed by atoms with E-state index in [4.69, 9.17) is 9.15 Å². The summed E-state index contributed by atoms with van der Waals surface area (Å²) in [5.74, 6) is 3.83. The summed E-state index contributed by atoms with van der Waals surface area (Å²) in [7, 11) is 1.64. The summed E-state index contributed by atoms with van der Waals surface area (Å²) in [6, 6.07) is 7.67. The van der Waals surface area contributed by atoms with E-state index in [0.717, 1.165) is 67.9 Å². The number of carbonyl (C=O) groups is 1. The Hall–Kier alpha value is -2.34. The molecule has 27 heavy (non-hydrogen) atoms. The van der Waals surface area contributed by atoms with E-state index in [1.54, 1.807) is 13.3 Å². The van der Waals surface area contributed by atoms with E-state index in [9.17, 15) is 4.79 Å². The number of rotatable bonds is 5. The van der Waals surface area contributed by atoms with Gasteiger partial charge in [-0.25, -0.2) is 4.98 Å². The van der Waals surface area contributed by atoms with Crippen LogP contribution in [0.2, 0.25) is 0 Å². The lowest BCUT2D eigenvalue weighted by Crippen LogP contribution is -2.32. The lowest BCUT2D eigenvalue weighted by Gasteiger charge is -2.20. The van der Waals surface area contributed by atoms with Gasteiger partial charge in [-0.1, -0.05) is 0 Å². The van der Waals surface area contributed by atoms with Gasteiger partial charge in [-0.15, -0.1) is 0 Å². The minimum Gasteiger partial charge on any atom is -0.497 e. The van der Waals surface area contributed by atoms with E-state index in [0.29, 0.717) is 18.7 Å². The lowest BCUT2D eigenvalue weighted by atomic mass is 9.92. The highest BCUT2D eigenvalue weighted by Crippen LogP contribution is 2.27. The molecule has 0 aliphatic carbocycles. The molecule has 0 radical (unpaired) electrons. The SMILES string of the molecule is COc1ccc(-c2cnc(CCC(=O)N3CC[C@@H]4CNC[C@@H]4CC3)o2)cc1. The van der Waals surface area contributed by atoms with Crippen molar-refractivity contribution in [2.75, 3.05) is 33.3 Å². The second-order valence-corrected chi connectivity index (χ2v) is 7.48. The standard InChI is InChI=1S/C21H27N3O3/c1-26-18-4-2-15(3-5-18)19-14-23-20(27-19)6-7-21(25)24-10-8-16-12-22-13-17(16)9-11-24/h2-5,14,16-17,22H,6-13H2,1H3/t16-,17+. The molecule has 2 saturated heterocycles. The van der Waals surface area contributed by atoms with Crippen LogP contribution in [0.1, 0.15) is 25.2 Å². The Bertz CT molecular complexity index is 757. The smallest absolute Gasteiger partial charge is 0.223 e. The van der Waals surface area contributed by atoms with Gasteiger partial charge in [0.1, 0.15) is 5.75 Å². The Morgan fingerprint density at radius 1 is 1.22 bits per heavy atom. The molecule has 2 atom stereocenters. The number of hydrogen-bond donors (Lipinski definition) is 1. The number of likely N-dealkylation sites (tertiary alicyclic amines) is 1. The maximum Gasteiger partial charge on any atom is 0.223 e. The van der Waals surface area contributed by atoms with Crippen LogP contribution in [0.5, 0.6) is 5.75 Å². The molecule has 0 unspecified atom stereocenters. The zero-order chi connectivity index (χ0) is 18.6. The number of fused-ring (bicyclic) bond motifs is 1. The summed E-state index contributed by atoms with van der Waals surface area (Å²) in [5, 5.41) is 3.47. The fourth-order valence-electron chi connectivity index (χ4n) is 4.15. The topological polar surface area (TPSA) is 67.6 Å². The zero-order valence-corrected chi connectivity index (χ0v) is 15.8. The van der Waals surface area contributed by atoms with Crippen molar-refractivity contribution in [3.63, 3.8) is 0 Å². The number of amides is 1. The van der Waals surface area contributed by atoms with Gasteiger partial charge in [-0.05, 0) is 62.0 Å². The van der Waals surface area contributed by atoms with Gasteiger partial charge in [0.05, 0.1) is 13.3 Å². The van der Waals surface area contributed by atoms with Crippen molar-refractivity contribution >= 4 is 5.91 Å². The van der Waals surface area contributed by atoms with Crippen molar-refractivity contribution in [2.24, 2.45) is 11.8 Å². The van der Waals surface area contributed by atoms with Gasteiger partial charge >= 0.3 is 0 Å². The Morgan fingerprint density at radius 2 is 1.93 bits per heavy atom. The number of nitrogens with one attached hydrogen (secondary N) is 1. The predicted molar refractivity (Wildman–Crippen MR) is 102 cm³/mol. The summed E-state index contributed by atoms with van der Waals surface area (Å²) in [6.07, 6.45) is 4.95. The van der Waals surface area contributed by atoms with Crippen LogP contribution < -0.4 is 10.1 Å². The van der Waals surface area contributed by atoms with Crippen LogP contribution in [0.25, 0.3) is 11.3 Å². The number of nitrogens with zero attached hydrogens (tertiary/aromatic N) is 2. The number of hydrogen-bond acceptors (Lipinski definition) is 5. The van der Waals surface area contributed by atoms with Gasteiger partial charge in [0.15, 0.2) is 11.7 Å². The third-order valence-electron chi connectivity index (χ3n) is 5.85. The molecule has 2 fully saturated rings. The minimum atomic E-state index is 0.215. The summed E-state index contributed by atoms with van der Waals surface area (Å²) < 4.78 is 11.0. The monoisotopic (exact) mass is 369 g/mol. The number of carbonyl (C=O) groups excluding carboxylic acids is 1. The molecular weight excluding hydrogens is 342 g/mol. The molecule has 2 aliphatic rings. The van der Waals surface area contributed by atoms with E-state index >= 15 is 0 Å². The van der Waals surface area contributed by atoms with Crippen molar-refractivity contribution in [2.45, 2.75) is 25.7 Å². The van der Waals surface area contributed by atoms with E-state index in [1.165, 1.54) is 0 Å². The zero-order valence-electron chi connectivity index (χ0n) is 15.8. The van der Waals surface area contributed by atoms with Gasteiger partial charge in [-0.3, -0.25) is 4.79 Å². The highest BCUT2D eigenvalue weighted by molar-refractivity contribution is 5.76. The summed E-state index contributed by atoms with van der Waals surface area (Å²) in [5.41, 5.74) is 0.952. The second kappa shape index (κ2) is 8.13. The number of ether oxygens (including phenoxy) is 1. The Kier molecular flexibility index (Phi) is 5.43. The third-order valence-corrected chi connectivity index (χ3v) is 5.85.